The number of hydrogen-bond acceptors (Lipinski definition) is 14. The first-order valence-electron chi connectivity index (χ1n) is 21.6. The van der Waals surface area contributed by atoms with Crippen LogP contribution in [0.5, 0.6) is 11.5 Å². The number of fused-ring (bicyclic) bond motifs is 13. The number of aliphatic hydroxyl groups is 1. The minimum absolute atomic E-state index is 0.0277. The summed E-state index contributed by atoms with van der Waals surface area (Å²) in [5.41, 5.74) is -0.0277. The zero-order valence-electron chi connectivity index (χ0n) is 38.1. The molecule has 1 amide bonds. The van der Waals surface area contributed by atoms with Gasteiger partial charge in [0, 0.05) is 101 Å². The number of carbonyl (C=O) groups is 4. The molecule has 9 atom stereocenters. The molecular weight excluding hydrogens is 797 g/mol. The molecule has 6 aliphatic rings. The van der Waals surface area contributed by atoms with Crippen LogP contribution in [0.3, 0.4) is 0 Å². The number of nitrogens with one attached hydrogen (secondary N) is 2. The lowest BCUT2D eigenvalue weighted by atomic mass is 9.78. The van der Waals surface area contributed by atoms with E-state index in [1.54, 1.807) is 46.1 Å². The Balaban J connectivity index is 1.50. The number of nitrogens with zero attached hydrogens (tertiary/aromatic N) is 2. The average Bonchev–Trinajstić information content (AvgIpc) is 3.72. The van der Waals surface area contributed by atoms with E-state index < -0.39 is 82.8 Å². The van der Waals surface area contributed by atoms with Gasteiger partial charge < -0.3 is 49.4 Å². The van der Waals surface area contributed by atoms with Crippen molar-refractivity contribution in [3.05, 3.63) is 69.8 Å². The van der Waals surface area contributed by atoms with Crippen LogP contribution in [-0.2, 0) is 28.5 Å². The maximum atomic E-state index is 14.8. The number of piperidine rings is 1. The second-order valence-corrected chi connectivity index (χ2v) is 18.2. The molecule has 1 fully saturated rings. The van der Waals surface area contributed by atoms with Crippen LogP contribution in [0, 0.1) is 36.5 Å². The second-order valence-electron chi connectivity index (χ2n) is 18.2. The lowest BCUT2D eigenvalue weighted by Crippen LogP contribution is -2.50. The van der Waals surface area contributed by atoms with E-state index in [1.165, 1.54) is 27.2 Å². The predicted octanol–water partition coefficient (Wildman–Crippen LogP) is 5.27. The van der Waals surface area contributed by atoms with E-state index in [-0.39, 0.29) is 56.6 Å². The number of phenols is 1. The Morgan fingerprint density at radius 1 is 0.968 bits per heavy atom. The molecule has 62 heavy (non-hydrogen) atoms. The van der Waals surface area contributed by atoms with Crippen LogP contribution in [0.25, 0.3) is 0 Å². The fourth-order valence-electron chi connectivity index (χ4n) is 9.69. The monoisotopic (exact) mass is 860 g/mol. The zero-order valence-corrected chi connectivity index (χ0v) is 38.1. The highest BCUT2D eigenvalue weighted by atomic mass is 16.7. The third-order valence-corrected chi connectivity index (χ3v) is 13.2. The third-order valence-electron chi connectivity index (χ3n) is 13.2. The number of ketones is 2. The number of methoxy groups -OCH3 is 2. The highest BCUT2D eigenvalue weighted by Crippen LogP contribution is 2.50. The van der Waals surface area contributed by atoms with Crippen molar-refractivity contribution in [1.29, 1.82) is 0 Å². The molecule has 4 N–H and O–H groups in total. The molecule has 0 unspecified atom stereocenters. The Morgan fingerprint density at radius 2 is 1.63 bits per heavy atom. The topological polar surface area (TPSA) is 195 Å². The molecule has 1 aromatic rings. The van der Waals surface area contributed by atoms with Crippen LogP contribution < -0.4 is 15.4 Å². The van der Waals surface area contributed by atoms with Gasteiger partial charge in [0.2, 0.25) is 5.78 Å². The van der Waals surface area contributed by atoms with E-state index in [9.17, 15) is 29.4 Å². The molecule has 5 bridgehead atoms. The van der Waals surface area contributed by atoms with Crippen LogP contribution in [0.15, 0.2) is 52.5 Å². The molecule has 1 aliphatic carbocycles. The SMILES string of the molecule is CO[C@@H]1[C@@H](C)[C@@H](O)[C@@H](C)[C@H](OC(C)=O)[C@H](C)[C@@H](OC)/C=C/O[C@@]2(C)Oc3c(C)c(O)c4c(c3C2=O)C2=NC3(CCN(CC(C)C)CC3)NC2=C(NC(=O)/C(C)=C\C=C\[C@@H]1C)C4=O. The van der Waals surface area contributed by atoms with E-state index in [0.29, 0.717) is 18.8 Å². The van der Waals surface area contributed by atoms with Gasteiger partial charge in [0.25, 0.3) is 11.7 Å². The lowest BCUT2D eigenvalue weighted by molar-refractivity contribution is -0.161. The van der Waals surface area contributed by atoms with Crippen molar-refractivity contribution in [2.24, 2.45) is 34.6 Å². The Labute approximate surface area is 364 Å². The van der Waals surface area contributed by atoms with Gasteiger partial charge in [0.05, 0.1) is 47.1 Å². The molecule has 15 heteroatoms. The fourth-order valence-corrected chi connectivity index (χ4v) is 9.69. The van der Waals surface area contributed by atoms with Gasteiger partial charge in [-0.25, -0.2) is 0 Å². The highest BCUT2D eigenvalue weighted by molar-refractivity contribution is 6.34. The van der Waals surface area contributed by atoms with Gasteiger partial charge in [0.15, 0.2) is 0 Å². The van der Waals surface area contributed by atoms with Gasteiger partial charge in [0.1, 0.15) is 29.0 Å². The van der Waals surface area contributed by atoms with E-state index in [2.05, 4.69) is 29.4 Å². The van der Waals surface area contributed by atoms with Crippen molar-refractivity contribution in [3.63, 3.8) is 0 Å². The minimum atomic E-state index is -1.95. The van der Waals surface area contributed by atoms with Crippen LogP contribution >= 0.6 is 0 Å². The quantitative estimate of drug-likeness (QED) is 0.280. The number of amides is 1. The highest BCUT2D eigenvalue weighted by Gasteiger charge is 2.54. The average molecular weight is 861 g/mol. The molecule has 1 aromatic carbocycles. The standard InChI is InChI=1S/C47H64N4O11/c1-23(2)22-51-19-17-47(18-20-51)49-35-32-33-39(54)29(8)43-34(32)44(56)46(10,62-43)60-21-16-31(58-11)26(5)42(61-30(9)52)28(7)38(53)27(6)41(59-12)24(3)14-13-15-25(4)45(57)48-37(40(33)55)36(35)50-47/h13-16,21,23-24,26-28,31,38,41-42,50,53-54H,17-20,22H2,1-12H3,(H,48,57)/b14-13+,21-16+,25-15-/t24-,26+,27-,28+,31-,38+,41-,42+,46-/m0/s1. The Bertz CT molecular complexity index is 2130. The van der Waals surface area contributed by atoms with Crippen molar-refractivity contribution in [2.45, 2.75) is 118 Å². The van der Waals surface area contributed by atoms with Gasteiger partial charge in [-0.1, -0.05) is 59.8 Å². The third kappa shape index (κ3) is 8.60. The van der Waals surface area contributed by atoms with Gasteiger partial charge in [-0.15, -0.1) is 0 Å². The summed E-state index contributed by atoms with van der Waals surface area (Å²) in [6.45, 7) is 20.1. The number of rotatable bonds is 5. The lowest BCUT2D eigenvalue weighted by Gasteiger charge is -2.38. The van der Waals surface area contributed by atoms with E-state index in [0.717, 1.165) is 19.6 Å². The van der Waals surface area contributed by atoms with Crippen molar-refractivity contribution < 1.29 is 53.1 Å². The number of hydrogen-bond donors (Lipinski definition) is 4. The molecule has 15 nitrogen and oxygen atoms in total. The predicted molar refractivity (Wildman–Crippen MR) is 232 cm³/mol. The molecule has 338 valence electrons. The zero-order chi connectivity index (χ0) is 45.6. The maximum Gasteiger partial charge on any atom is 0.312 e. The van der Waals surface area contributed by atoms with Crippen molar-refractivity contribution in [3.8, 4) is 11.5 Å². The second kappa shape index (κ2) is 18.1. The van der Waals surface area contributed by atoms with Crippen LogP contribution in [0.2, 0.25) is 0 Å². The summed E-state index contributed by atoms with van der Waals surface area (Å²) >= 11 is 0. The molecule has 7 rings (SSSR count). The number of Topliss-reactive ketones (excluding diaryl/α,β-unsaturated/α-hetero) is 2. The normalized spacial score (nSPS) is 33.5. The number of phenolic OH excluding ortho intramolecular Hbond substituents is 1. The molecule has 5 heterocycles. The summed E-state index contributed by atoms with van der Waals surface area (Å²) in [4.78, 5) is 63.5. The van der Waals surface area contributed by atoms with Gasteiger partial charge >= 0.3 is 11.8 Å². The van der Waals surface area contributed by atoms with Gasteiger partial charge in [-0.05, 0) is 25.8 Å². The fraction of sp³-hybridized carbons (Fsp3) is 0.596. The van der Waals surface area contributed by atoms with E-state index in [4.69, 9.17) is 28.7 Å². The van der Waals surface area contributed by atoms with Gasteiger partial charge in [-0.3, -0.25) is 24.2 Å². The Morgan fingerprint density at radius 3 is 2.24 bits per heavy atom. The summed E-state index contributed by atoms with van der Waals surface area (Å²) in [6, 6.07) is 0. The van der Waals surface area contributed by atoms with Crippen molar-refractivity contribution in [1.82, 2.24) is 15.5 Å². The number of carbonyl (C=O) groups excluding carboxylic acids is 4. The molecule has 0 radical (unpaired) electrons. The number of esters is 1. The summed E-state index contributed by atoms with van der Waals surface area (Å²) < 4.78 is 30.1. The molecular formula is C47H64N4O11. The summed E-state index contributed by atoms with van der Waals surface area (Å²) in [5.74, 6) is -6.04. The summed E-state index contributed by atoms with van der Waals surface area (Å²) in [7, 11) is 3.05. The largest absolute Gasteiger partial charge is 0.507 e. The Kier molecular flexibility index (Phi) is 13.6. The number of ether oxygens (including phenoxy) is 5. The summed E-state index contributed by atoms with van der Waals surface area (Å²) in [6.07, 6.45) is 6.23. The molecule has 1 spiro atoms. The van der Waals surface area contributed by atoms with E-state index in [1.807, 2.05) is 26.8 Å². The first-order chi connectivity index (χ1) is 29.2. The number of allylic oxidation sites excluding steroid dienone is 4. The van der Waals surface area contributed by atoms with E-state index >= 15 is 0 Å². The number of aromatic hydroxyl groups is 1. The molecule has 1 saturated heterocycles. The van der Waals surface area contributed by atoms with Crippen LogP contribution in [-0.4, -0.2) is 114 Å². The number of aliphatic hydroxyl groups excluding tert-OH is 1. The first-order valence-corrected chi connectivity index (χ1v) is 21.6. The smallest absolute Gasteiger partial charge is 0.312 e. The van der Waals surface area contributed by atoms with Crippen molar-refractivity contribution in [2.75, 3.05) is 33.9 Å². The van der Waals surface area contributed by atoms with Gasteiger partial charge in [-0.2, -0.15) is 0 Å². The number of aliphatic imine (C=N–C) groups is 1. The molecule has 0 saturated carbocycles. The number of likely N-dealkylation sites (tertiary alicyclic amines) is 1. The molecule has 0 aromatic heterocycles. The van der Waals surface area contributed by atoms with Crippen LogP contribution in [0.1, 0.15) is 107 Å². The van der Waals surface area contributed by atoms with Crippen LogP contribution in [0.4, 0.5) is 0 Å². The summed E-state index contributed by atoms with van der Waals surface area (Å²) in [5, 5.41) is 30.0. The molecule has 5 aliphatic heterocycles. The first kappa shape index (κ1) is 46.7. The minimum Gasteiger partial charge on any atom is -0.507 e. The van der Waals surface area contributed by atoms with Crippen molar-refractivity contribution >= 4 is 29.2 Å². The maximum absolute atomic E-state index is 14.8. The number of benzene rings is 1. The Hall–Kier alpha value is -4.83.